The second kappa shape index (κ2) is 13.0. The van der Waals surface area contributed by atoms with Crippen LogP contribution in [0.2, 0.25) is 0 Å². The molecule has 0 spiro atoms. The molecule has 2 aromatic carbocycles. The van der Waals surface area contributed by atoms with Crippen molar-refractivity contribution in [2.24, 2.45) is 0 Å². The highest BCUT2D eigenvalue weighted by Crippen LogP contribution is 2.32. The summed E-state index contributed by atoms with van der Waals surface area (Å²) in [6, 6.07) is 13.8. The molecule has 1 heterocycles. The number of hydrogen-bond acceptors (Lipinski definition) is 7. The van der Waals surface area contributed by atoms with Crippen LogP contribution in [0.1, 0.15) is 57.5 Å². The number of hydrazine groups is 1. The molecule has 0 unspecified atom stereocenters. The first-order valence-corrected chi connectivity index (χ1v) is 12.6. The molecule has 36 heavy (non-hydrogen) atoms. The minimum absolute atomic E-state index is 0.154. The molecule has 2 aromatic rings. The maximum absolute atomic E-state index is 12.8. The van der Waals surface area contributed by atoms with E-state index in [-0.39, 0.29) is 24.1 Å². The topological polar surface area (TPSA) is 105 Å². The Morgan fingerprint density at radius 3 is 2.31 bits per heavy atom. The molecule has 0 bridgehead atoms. The minimum Gasteiger partial charge on any atom is -0.465 e. The number of rotatable bonds is 9. The molecule has 3 amide bonds. The summed E-state index contributed by atoms with van der Waals surface area (Å²) >= 11 is 6.61. The van der Waals surface area contributed by atoms with Crippen molar-refractivity contribution in [3.8, 4) is 0 Å². The largest absolute Gasteiger partial charge is 0.465 e. The minimum atomic E-state index is -0.419. The number of benzene rings is 2. The molecule has 1 fully saturated rings. The third-order valence-corrected chi connectivity index (χ3v) is 6.80. The lowest BCUT2D eigenvalue weighted by Gasteiger charge is -2.14. The average molecular weight is 526 g/mol. The molecule has 0 aromatic heterocycles. The van der Waals surface area contributed by atoms with Crippen LogP contribution < -0.4 is 10.9 Å². The zero-order valence-electron chi connectivity index (χ0n) is 20.0. The maximum atomic E-state index is 12.8. The Bertz CT molecular complexity index is 1180. The first kappa shape index (κ1) is 27.1. The molecular weight excluding hydrogens is 498 g/mol. The SMILES string of the molecule is COC(=O)c1ccc(/C=C2\SC(=S)N(CCCCCC(=O)NNC(=O)c3ccc(C)cc3)C2=O)cc1. The molecule has 8 nitrogen and oxygen atoms in total. The van der Waals surface area contributed by atoms with Crippen LogP contribution in [0.5, 0.6) is 0 Å². The van der Waals surface area contributed by atoms with Crippen molar-refractivity contribution in [2.75, 3.05) is 13.7 Å². The fourth-order valence-corrected chi connectivity index (χ4v) is 4.68. The van der Waals surface area contributed by atoms with Crippen molar-refractivity contribution in [1.29, 1.82) is 0 Å². The van der Waals surface area contributed by atoms with Gasteiger partial charge in [0.25, 0.3) is 11.8 Å². The summed E-state index contributed by atoms with van der Waals surface area (Å²) in [5.41, 5.74) is 7.57. The standard InChI is InChI=1S/C26H27N3O5S2/c1-17-7-11-19(12-8-17)23(31)28-27-22(30)6-4-3-5-15-29-24(32)21(36-26(29)35)16-18-9-13-20(14-10-18)25(33)34-2/h7-14,16H,3-6,15H2,1-2H3,(H,27,30)(H,28,31)/b21-16-. The van der Waals surface area contributed by atoms with Crippen LogP contribution in [-0.2, 0) is 14.3 Å². The Kier molecular flexibility index (Phi) is 9.77. The van der Waals surface area contributed by atoms with Crippen LogP contribution >= 0.6 is 24.0 Å². The molecule has 1 saturated heterocycles. The number of thioether (sulfide) groups is 1. The highest BCUT2D eigenvalue weighted by atomic mass is 32.2. The summed E-state index contributed by atoms with van der Waals surface area (Å²) in [7, 11) is 1.32. The normalized spacial score (nSPS) is 14.2. The van der Waals surface area contributed by atoms with Gasteiger partial charge >= 0.3 is 5.97 Å². The van der Waals surface area contributed by atoms with E-state index in [0.717, 1.165) is 17.5 Å². The van der Waals surface area contributed by atoms with Gasteiger partial charge in [0.2, 0.25) is 5.91 Å². The number of hydrogen-bond donors (Lipinski definition) is 2. The summed E-state index contributed by atoms with van der Waals surface area (Å²) in [5.74, 6) is -1.22. The molecular formula is C26H27N3O5S2. The number of nitrogens with one attached hydrogen (secondary N) is 2. The molecule has 1 aliphatic rings. The van der Waals surface area contributed by atoms with Crippen LogP contribution in [0, 0.1) is 6.92 Å². The summed E-state index contributed by atoms with van der Waals surface area (Å²) in [5, 5.41) is 0. The zero-order chi connectivity index (χ0) is 26.1. The predicted molar refractivity (Wildman–Crippen MR) is 143 cm³/mol. The zero-order valence-corrected chi connectivity index (χ0v) is 21.7. The van der Waals surface area contributed by atoms with Crippen LogP contribution in [-0.4, -0.2) is 46.6 Å². The van der Waals surface area contributed by atoms with Crippen LogP contribution in [0.15, 0.2) is 53.4 Å². The van der Waals surface area contributed by atoms with Gasteiger partial charge in [-0.3, -0.25) is 30.1 Å². The van der Waals surface area contributed by atoms with Gasteiger partial charge in [0, 0.05) is 18.5 Å². The number of carbonyl (C=O) groups is 4. The van der Waals surface area contributed by atoms with Gasteiger partial charge in [-0.2, -0.15) is 0 Å². The second-order valence-electron chi connectivity index (χ2n) is 8.13. The van der Waals surface area contributed by atoms with Gasteiger partial charge < -0.3 is 4.74 Å². The maximum Gasteiger partial charge on any atom is 0.337 e. The summed E-state index contributed by atoms with van der Waals surface area (Å²) in [4.78, 5) is 50.5. The molecule has 0 atom stereocenters. The molecule has 10 heteroatoms. The monoisotopic (exact) mass is 525 g/mol. The van der Waals surface area contributed by atoms with Gasteiger partial charge in [0.05, 0.1) is 17.6 Å². The summed E-state index contributed by atoms with van der Waals surface area (Å²) in [6.45, 7) is 2.40. The van der Waals surface area contributed by atoms with Gasteiger partial charge in [-0.15, -0.1) is 0 Å². The number of unbranched alkanes of at least 4 members (excludes halogenated alkanes) is 2. The number of esters is 1. The first-order valence-electron chi connectivity index (χ1n) is 11.4. The fourth-order valence-electron chi connectivity index (χ4n) is 3.38. The first-order chi connectivity index (χ1) is 17.3. The fraction of sp³-hybridized carbons (Fsp3) is 0.269. The number of amides is 3. The highest BCUT2D eigenvalue weighted by Gasteiger charge is 2.31. The van der Waals surface area contributed by atoms with Gasteiger partial charge in [0.1, 0.15) is 4.32 Å². The second-order valence-corrected chi connectivity index (χ2v) is 9.80. The quantitative estimate of drug-likeness (QED) is 0.168. The van der Waals surface area contributed by atoms with Gasteiger partial charge in [0.15, 0.2) is 0 Å². The smallest absolute Gasteiger partial charge is 0.337 e. The van der Waals surface area contributed by atoms with Crippen molar-refractivity contribution in [3.63, 3.8) is 0 Å². The third-order valence-electron chi connectivity index (χ3n) is 5.42. The van der Waals surface area contributed by atoms with Crippen molar-refractivity contribution < 1.29 is 23.9 Å². The Hall–Kier alpha value is -3.50. The van der Waals surface area contributed by atoms with Crippen molar-refractivity contribution in [2.45, 2.75) is 32.6 Å². The van der Waals surface area contributed by atoms with E-state index >= 15 is 0 Å². The molecule has 0 radical (unpaired) electrons. The average Bonchev–Trinajstić information content (AvgIpc) is 3.14. The van der Waals surface area contributed by atoms with Crippen molar-refractivity contribution in [3.05, 3.63) is 75.7 Å². The lowest BCUT2D eigenvalue weighted by Crippen LogP contribution is -2.41. The van der Waals surface area contributed by atoms with E-state index in [2.05, 4.69) is 15.6 Å². The number of ether oxygens (including phenoxy) is 1. The van der Waals surface area contributed by atoms with E-state index in [4.69, 9.17) is 12.2 Å². The van der Waals surface area contributed by atoms with E-state index < -0.39 is 5.97 Å². The number of aryl methyl sites for hydroxylation is 1. The molecule has 0 saturated carbocycles. The Labute approximate surface area is 219 Å². The van der Waals surface area contributed by atoms with Gasteiger partial charge in [-0.1, -0.05) is 60.2 Å². The molecule has 2 N–H and O–H groups in total. The van der Waals surface area contributed by atoms with Crippen LogP contribution in [0.3, 0.4) is 0 Å². The number of nitrogens with zero attached hydrogens (tertiary/aromatic N) is 1. The summed E-state index contributed by atoms with van der Waals surface area (Å²) in [6.07, 6.45) is 4.04. The van der Waals surface area contributed by atoms with E-state index in [1.54, 1.807) is 47.4 Å². The van der Waals surface area contributed by atoms with E-state index in [9.17, 15) is 19.2 Å². The molecule has 188 valence electrons. The predicted octanol–water partition coefficient (Wildman–Crippen LogP) is 4.00. The Morgan fingerprint density at radius 1 is 0.972 bits per heavy atom. The van der Waals surface area contributed by atoms with E-state index in [1.807, 2.05) is 19.1 Å². The molecule has 0 aliphatic carbocycles. The lowest BCUT2D eigenvalue weighted by atomic mass is 10.1. The summed E-state index contributed by atoms with van der Waals surface area (Å²) < 4.78 is 5.18. The molecule has 1 aliphatic heterocycles. The Balaban J connectivity index is 1.38. The third kappa shape index (κ3) is 7.50. The van der Waals surface area contributed by atoms with Crippen molar-refractivity contribution >= 4 is 58.1 Å². The van der Waals surface area contributed by atoms with Crippen LogP contribution in [0.25, 0.3) is 6.08 Å². The number of methoxy groups -OCH3 is 1. The molecule has 3 rings (SSSR count). The van der Waals surface area contributed by atoms with E-state index in [1.165, 1.54) is 18.9 Å². The van der Waals surface area contributed by atoms with E-state index in [0.29, 0.717) is 39.7 Å². The van der Waals surface area contributed by atoms with Crippen molar-refractivity contribution in [1.82, 2.24) is 15.8 Å². The number of thiocarbonyl (C=S) groups is 1. The van der Waals surface area contributed by atoms with Crippen LogP contribution in [0.4, 0.5) is 0 Å². The highest BCUT2D eigenvalue weighted by molar-refractivity contribution is 8.26. The number of carbonyl (C=O) groups excluding carboxylic acids is 4. The van der Waals surface area contributed by atoms with Gasteiger partial charge in [-0.05, 0) is 55.7 Å². The van der Waals surface area contributed by atoms with Gasteiger partial charge in [-0.25, -0.2) is 4.79 Å². The Morgan fingerprint density at radius 2 is 1.64 bits per heavy atom. The lowest BCUT2D eigenvalue weighted by molar-refractivity contribution is -0.123.